The van der Waals surface area contributed by atoms with Crippen molar-refractivity contribution in [3.8, 4) is 0 Å². The summed E-state index contributed by atoms with van der Waals surface area (Å²) in [4.78, 5) is 0. The van der Waals surface area contributed by atoms with Gasteiger partial charge in [0.25, 0.3) is 0 Å². The van der Waals surface area contributed by atoms with Crippen LogP contribution in [0.15, 0.2) is 48.5 Å². The summed E-state index contributed by atoms with van der Waals surface area (Å²) in [6, 6.07) is 12.8. The van der Waals surface area contributed by atoms with Crippen LogP contribution in [0.3, 0.4) is 0 Å². The first-order valence-electron chi connectivity index (χ1n) is 5.57. The van der Waals surface area contributed by atoms with E-state index in [9.17, 15) is 8.78 Å². The molecule has 0 aromatic heterocycles. The topological polar surface area (TPSA) is 61.9 Å². The second-order valence-corrected chi connectivity index (χ2v) is 3.92. The molecular weight excluding hydrogens is 304 g/mol. The van der Waals surface area contributed by atoms with Crippen LogP contribution in [0.4, 0.5) is 20.2 Å². The zero-order valence-corrected chi connectivity index (χ0v) is 11.4. The van der Waals surface area contributed by atoms with Crippen LogP contribution in [-0.2, 0) is 17.1 Å². The number of anilines is 2. The SMILES string of the molecule is N=C(N)c1ccccc1Nc1ccc([C-](F)F)cc1.[Fe]. The number of rotatable bonds is 4. The molecule has 0 radical (unpaired) electrons. The second-order valence-electron chi connectivity index (χ2n) is 3.92. The van der Waals surface area contributed by atoms with Crippen LogP contribution in [0, 0.1) is 11.8 Å². The van der Waals surface area contributed by atoms with E-state index in [-0.39, 0.29) is 28.5 Å². The molecule has 3 nitrogen and oxygen atoms in total. The first-order chi connectivity index (χ1) is 9.08. The smallest absolute Gasteiger partial charge is 0.158 e. The van der Waals surface area contributed by atoms with Gasteiger partial charge in [-0.05, 0) is 12.1 Å². The van der Waals surface area contributed by atoms with Crippen molar-refractivity contribution >= 4 is 17.2 Å². The van der Waals surface area contributed by atoms with Crippen molar-refractivity contribution in [1.29, 1.82) is 5.41 Å². The monoisotopic (exact) mass is 316 g/mol. The average molecular weight is 316 g/mol. The fourth-order valence-electron chi connectivity index (χ4n) is 1.66. The molecule has 2 rings (SSSR count). The Labute approximate surface area is 126 Å². The van der Waals surface area contributed by atoms with Crippen LogP contribution in [0.2, 0.25) is 0 Å². The van der Waals surface area contributed by atoms with Gasteiger partial charge in [-0.15, -0.1) is 5.56 Å². The van der Waals surface area contributed by atoms with E-state index >= 15 is 0 Å². The molecule has 0 amide bonds. The third kappa shape index (κ3) is 3.73. The van der Waals surface area contributed by atoms with E-state index in [0.717, 1.165) is 0 Å². The summed E-state index contributed by atoms with van der Waals surface area (Å²) in [5.41, 5.74) is 7.24. The summed E-state index contributed by atoms with van der Waals surface area (Å²) < 4.78 is 24.7. The number of benzene rings is 2. The summed E-state index contributed by atoms with van der Waals surface area (Å²) in [6.07, 6.45) is -1.71. The predicted octanol–water partition coefficient (Wildman–Crippen LogP) is 3.49. The van der Waals surface area contributed by atoms with Crippen LogP contribution in [0.5, 0.6) is 0 Å². The Morgan fingerprint density at radius 2 is 1.65 bits per heavy atom. The molecule has 0 aliphatic rings. The number of hydrogen-bond donors (Lipinski definition) is 3. The van der Waals surface area contributed by atoms with Crippen LogP contribution in [0.1, 0.15) is 11.1 Å². The number of halogens is 2. The van der Waals surface area contributed by atoms with Crippen LogP contribution < -0.4 is 11.1 Å². The average Bonchev–Trinajstić information content (AvgIpc) is 2.39. The molecule has 0 fully saturated rings. The molecule has 20 heavy (non-hydrogen) atoms. The minimum atomic E-state index is -1.71. The van der Waals surface area contributed by atoms with E-state index < -0.39 is 6.43 Å². The molecule has 0 saturated heterocycles. The van der Waals surface area contributed by atoms with Gasteiger partial charge in [-0.1, -0.05) is 24.3 Å². The van der Waals surface area contributed by atoms with Gasteiger partial charge in [0.2, 0.25) is 0 Å². The standard InChI is InChI=1S/C14H12F2N3.Fe/c15-13(16)9-5-7-10(8-6-9)19-12-4-2-1-3-11(12)14(17)18;/h1-8,19H,(H3,17,18);/q-1;. The first kappa shape index (κ1) is 16.0. The normalized spacial score (nSPS) is 9.50. The summed E-state index contributed by atoms with van der Waals surface area (Å²) in [7, 11) is 0. The van der Waals surface area contributed by atoms with Gasteiger partial charge in [-0.2, -0.15) is 12.1 Å². The third-order valence-corrected chi connectivity index (χ3v) is 2.60. The number of para-hydroxylation sites is 1. The zero-order chi connectivity index (χ0) is 13.8. The quantitative estimate of drug-likeness (QED) is 0.350. The van der Waals surface area contributed by atoms with Crippen molar-refractivity contribution in [3.63, 3.8) is 0 Å². The Balaban J connectivity index is 0.00000200. The van der Waals surface area contributed by atoms with Crippen molar-refractivity contribution < 1.29 is 25.8 Å². The van der Waals surface area contributed by atoms with E-state index in [1.165, 1.54) is 12.1 Å². The molecule has 0 heterocycles. The van der Waals surface area contributed by atoms with Gasteiger partial charge >= 0.3 is 0 Å². The Morgan fingerprint density at radius 1 is 1.05 bits per heavy atom. The summed E-state index contributed by atoms with van der Waals surface area (Å²) in [6.45, 7) is 0. The number of nitrogen functional groups attached to an aromatic ring is 1. The molecule has 6 heteroatoms. The fraction of sp³-hybridized carbons (Fsp3) is 0. The van der Waals surface area contributed by atoms with Crippen LogP contribution in [-0.4, -0.2) is 5.84 Å². The van der Waals surface area contributed by atoms with Crippen molar-refractivity contribution in [3.05, 3.63) is 66.1 Å². The molecule has 2 aromatic rings. The van der Waals surface area contributed by atoms with E-state index in [4.69, 9.17) is 11.1 Å². The van der Waals surface area contributed by atoms with Gasteiger partial charge in [0.05, 0.1) is 0 Å². The minimum absolute atomic E-state index is 0. The van der Waals surface area contributed by atoms with Crippen LogP contribution in [0.25, 0.3) is 0 Å². The Morgan fingerprint density at radius 3 is 2.20 bits per heavy atom. The van der Waals surface area contributed by atoms with Crippen molar-refractivity contribution in [2.75, 3.05) is 5.32 Å². The Kier molecular flexibility index (Phi) is 5.55. The Hall–Kier alpha value is -2.04. The van der Waals surface area contributed by atoms with Gasteiger partial charge in [0.1, 0.15) is 5.84 Å². The number of nitrogens with one attached hydrogen (secondary N) is 2. The maximum Gasteiger partial charge on any atom is 0.158 e. The first-order valence-corrected chi connectivity index (χ1v) is 5.57. The van der Waals surface area contributed by atoms with E-state index in [1.54, 1.807) is 36.4 Å². The molecule has 0 spiro atoms. The minimum Gasteiger partial charge on any atom is -0.384 e. The molecule has 0 atom stereocenters. The van der Waals surface area contributed by atoms with Crippen molar-refractivity contribution in [2.45, 2.75) is 0 Å². The third-order valence-electron chi connectivity index (χ3n) is 2.60. The molecular formula is C14H12F2FeN3-. The largest absolute Gasteiger partial charge is 0.384 e. The number of amidine groups is 1. The van der Waals surface area contributed by atoms with Crippen LogP contribution >= 0.6 is 0 Å². The molecule has 106 valence electrons. The molecule has 0 saturated carbocycles. The van der Waals surface area contributed by atoms with Crippen molar-refractivity contribution in [2.24, 2.45) is 5.73 Å². The van der Waals surface area contributed by atoms with E-state index in [1.807, 2.05) is 0 Å². The molecule has 0 unspecified atom stereocenters. The molecule has 2 aromatic carbocycles. The predicted molar refractivity (Wildman–Crippen MR) is 71.7 cm³/mol. The summed E-state index contributed by atoms with van der Waals surface area (Å²) >= 11 is 0. The fourth-order valence-corrected chi connectivity index (χ4v) is 1.66. The zero-order valence-electron chi connectivity index (χ0n) is 10.3. The maximum absolute atomic E-state index is 12.3. The van der Waals surface area contributed by atoms with Crippen molar-refractivity contribution in [1.82, 2.24) is 0 Å². The molecule has 0 bridgehead atoms. The Bertz CT molecular complexity index is 585. The number of hydrogen-bond acceptors (Lipinski definition) is 2. The molecule has 4 N–H and O–H groups in total. The van der Waals surface area contributed by atoms with Gasteiger partial charge in [0.15, 0.2) is 6.43 Å². The van der Waals surface area contributed by atoms with Gasteiger partial charge < -0.3 is 11.1 Å². The van der Waals surface area contributed by atoms with E-state index in [2.05, 4.69) is 5.32 Å². The summed E-state index contributed by atoms with van der Waals surface area (Å²) in [5.74, 6) is -0.0529. The number of nitrogens with two attached hydrogens (primary N) is 1. The second kappa shape index (κ2) is 6.93. The van der Waals surface area contributed by atoms with Gasteiger partial charge in [-0.25, -0.2) is 0 Å². The van der Waals surface area contributed by atoms with Gasteiger partial charge in [0, 0.05) is 34.0 Å². The van der Waals surface area contributed by atoms with Gasteiger partial charge in [-0.3, -0.25) is 14.2 Å². The summed E-state index contributed by atoms with van der Waals surface area (Å²) in [5, 5.41) is 10.5. The molecule has 0 aliphatic carbocycles. The van der Waals surface area contributed by atoms with E-state index in [0.29, 0.717) is 16.9 Å². The maximum atomic E-state index is 12.3. The molecule has 0 aliphatic heterocycles.